The van der Waals surface area contributed by atoms with Crippen LogP contribution in [0, 0.1) is 10.1 Å². The fourth-order valence-electron chi connectivity index (χ4n) is 2.22. The molecule has 2 atom stereocenters. The van der Waals surface area contributed by atoms with Crippen LogP contribution in [0.15, 0.2) is 54.6 Å². The van der Waals surface area contributed by atoms with Crippen LogP contribution in [-0.2, 0) is 4.79 Å². The molecule has 0 saturated heterocycles. The Hall–Kier alpha value is -2.89. The number of carbonyl (C=O) groups excluding carboxylic acids is 1. The van der Waals surface area contributed by atoms with Crippen LogP contribution in [-0.4, -0.2) is 23.5 Å². The Bertz CT molecular complexity index is 703. The van der Waals surface area contributed by atoms with E-state index in [0.717, 1.165) is 5.56 Å². The van der Waals surface area contributed by atoms with E-state index in [4.69, 9.17) is 4.74 Å². The Morgan fingerprint density at radius 2 is 1.88 bits per heavy atom. The average molecular weight is 328 g/mol. The van der Waals surface area contributed by atoms with Gasteiger partial charge in [0.1, 0.15) is 5.75 Å². The molecular weight excluding hydrogens is 308 g/mol. The first-order valence-electron chi connectivity index (χ1n) is 7.71. The molecule has 0 fully saturated rings. The Morgan fingerprint density at radius 1 is 1.17 bits per heavy atom. The van der Waals surface area contributed by atoms with Crippen molar-refractivity contribution in [1.29, 1.82) is 0 Å². The maximum Gasteiger partial charge on any atom is 0.273 e. The number of amides is 1. The van der Waals surface area contributed by atoms with Gasteiger partial charge in [-0.25, -0.2) is 0 Å². The number of benzene rings is 2. The van der Waals surface area contributed by atoms with E-state index in [-0.39, 0.29) is 17.5 Å². The third-order valence-corrected chi connectivity index (χ3v) is 3.66. The summed E-state index contributed by atoms with van der Waals surface area (Å²) in [5, 5.41) is 13.6. The molecule has 2 rings (SSSR count). The minimum Gasteiger partial charge on any atom is -0.481 e. The minimum atomic E-state index is -0.741. The zero-order valence-electron chi connectivity index (χ0n) is 13.6. The molecule has 126 valence electrons. The van der Waals surface area contributed by atoms with Gasteiger partial charge in [0.15, 0.2) is 6.10 Å². The van der Waals surface area contributed by atoms with Crippen LogP contribution in [0.1, 0.15) is 25.3 Å². The van der Waals surface area contributed by atoms with E-state index in [1.165, 1.54) is 18.2 Å². The van der Waals surface area contributed by atoms with E-state index in [0.29, 0.717) is 12.3 Å². The summed E-state index contributed by atoms with van der Waals surface area (Å²) >= 11 is 0. The molecule has 0 spiro atoms. The van der Waals surface area contributed by atoms with Crippen molar-refractivity contribution in [1.82, 2.24) is 5.32 Å². The van der Waals surface area contributed by atoms with Crippen LogP contribution in [0.5, 0.6) is 5.75 Å². The number of ether oxygens (including phenoxy) is 1. The highest BCUT2D eigenvalue weighted by molar-refractivity contribution is 5.80. The van der Waals surface area contributed by atoms with Gasteiger partial charge in [0, 0.05) is 12.6 Å². The molecule has 0 saturated carbocycles. The number of non-ortho nitro benzene ring substituents is 1. The van der Waals surface area contributed by atoms with E-state index in [1.54, 1.807) is 13.0 Å². The molecule has 6 heteroatoms. The second kappa shape index (κ2) is 8.10. The molecule has 24 heavy (non-hydrogen) atoms. The minimum absolute atomic E-state index is 0.0715. The average Bonchev–Trinajstić information content (AvgIpc) is 2.60. The molecule has 0 aliphatic rings. The number of rotatable bonds is 7. The molecule has 1 N–H and O–H groups in total. The van der Waals surface area contributed by atoms with Gasteiger partial charge < -0.3 is 10.1 Å². The summed E-state index contributed by atoms with van der Waals surface area (Å²) < 4.78 is 5.49. The van der Waals surface area contributed by atoms with E-state index in [2.05, 4.69) is 5.32 Å². The third-order valence-electron chi connectivity index (χ3n) is 3.66. The molecule has 0 aromatic heterocycles. The van der Waals surface area contributed by atoms with Crippen LogP contribution in [0.25, 0.3) is 0 Å². The predicted molar refractivity (Wildman–Crippen MR) is 91.1 cm³/mol. The second-order valence-electron chi connectivity index (χ2n) is 5.57. The van der Waals surface area contributed by atoms with Crippen molar-refractivity contribution in [3.63, 3.8) is 0 Å². The van der Waals surface area contributed by atoms with Crippen LogP contribution in [0.3, 0.4) is 0 Å². The summed E-state index contributed by atoms with van der Waals surface area (Å²) in [5.74, 6) is 0.215. The van der Waals surface area contributed by atoms with Gasteiger partial charge in [-0.15, -0.1) is 0 Å². The standard InChI is InChI=1S/C18H20N2O4/c1-13(15-7-4-3-5-8-15)12-19-18(21)14(2)24-17-10-6-9-16(11-17)20(22)23/h3-11,13-14H,12H2,1-2H3,(H,19,21)/t13-,14+/m0/s1. The van der Waals surface area contributed by atoms with Gasteiger partial charge >= 0.3 is 0 Å². The summed E-state index contributed by atoms with van der Waals surface area (Å²) in [5.41, 5.74) is 1.07. The van der Waals surface area contributed by atoms with Gasteiger partial charge in [-0.1, -0.05) is 43.3 Å². The van der Waals surface area contributed by atoms with Gasteiger partial charge in [0.25, 0.3) is 11.6 Å². The zero-order valence-corrected chi connectivity index (χ0v) is 13.6. The molecule has 0 radical (unpaired) electrons. The normalized spacial score (nSPS) is 12.9. The maximum atomic E-state index is 12.1. The van der Waals surface area contributed by atoms with Gasteiger partial charge in [0.2, 0.25) is 0 Å². The highest BCUT2D eigenvalue weighted by Crippen LogP contribution is 2.20. The lowest BCUT2D eigenvalue weighted by molar-refractivity contribution is -0.384. The lowest BCUT2D eigenvalue weighted by atomic mass is 10.0. The quantitative estimate of drug-likeness (QED) is 0.624. The van der Waals surface area contributed by atoms with Gasteiger partial charge in [-0.05, 0) is 24.5 Å². The Morgan fingerprint density at radius 3 is 2.54 bits per heavy atom. The van der Waals surface area contributed by atoms with E-state index >= 15 is 0 Å². The van der Waals surface area contributed by atoms with Crippen molar-refractivity contribution in [3.8, 4) is 5.75 Å². The number of hydrogen-bond donors (Lipinski definition) is 1. The summed E-state index contributed by atoms with van der Waals surface area (Å²) in [6.07, 6.45) is -0.741. The molecule has 6 nitrogen and oxygen atoms in total. The molecule has 0 aliphatic heterocycles. The molecule has 0 bridgehead atoms. The molecule has 0 heterocycles. The third kappa shape index (κ3) is 4.81. The molecule has 2 aromatic rings. The monoisotopic (exact) mass is 328 g/mol. The topological polar surface area (TPSA) is 81.5 Å². The van der Waals surface area contributed by atoms with Crippen molar-refractivity contribution < 1.29 is 14.5 Å². The molecular formula is C18H20N2O4. The van der Waals surface area contributed by atoms with Crippen LogP contribution >= 0.6 is 0 Å². The Labute approximate surface area is 140 Å². The number of nitrogens with zero attached hydrogens (tertiary/aromatic N) is 1. The van der Waals surface area contributed by atoms with Gasteiger partial charge in [-0.2, -0.15) is 0 Å². The largest absolute Gasteiger partial charge is 0.481 e. The first kappa shape index (κ1) is 17.5. The summed E-state index contributed by atoms with van der Waals surface area (Å²) in [4.78, 5) is 22.4. The van der Waals surface area contributed by atoms with Gasteiger partial charge in [0.05, 0.1) is 11.0 Å². The lowest BCUT2D eigenvalue weighted by Crippen LogP contribution is -2.38. The number of carbonyl (C=O) groups is 1. The van der Waals surface area contributed by atoms with Crippen molar-refractivity contribution in [2.75, 3.05) is 6.54 Å². The van der Waals surface area contributed by atoms with E-state index in [1.807, 2.05) is 37.3 Å². The summed E-state index contributed by atoms with van der Waals surface area (Å²) in [6, 6.07) is 15.7. The van der Waals surface area contributed by atoms with Crippen molar-refractivity contribution >= 4 is 11.6 Å². The highest BCUT2D eigenvalue weighted by atomic mass is 16.6. The number of nitro groups is 1. The first-order valence-corrected chi connectivity index (χ1v) is 7.71. The van der Waals surface area contributed by atoms with Crippen molar-refractivity contribution in [2.45, 2.75) is 25.9 Å². The smallest absolute Gasteiger partial charge is 0.273 e. The van der Waals surface area contributed by atoms with Crippen LogP contribution in [0.4, 0.5) is 5.69 Å². The first-order chi connectivity index (χ1) is 11.5. The van der Waals surface area contributed by atoms with Crippen LogP contribution in [0.2, 0.25) is 0 Å². The SMILES string of the molecule is C[C@@H](Oc1cccc([N+](=O)[O-])c1)C(=O)NC[C@H](C)c1ccccc1. The predicted octanol–water partition coefficient (Wildman–Crippen LogP) is 3.28. The van der Waals surface area contributed by atoms with Crippen LogP contribution < -0.4 is 10.1 Å². The lowest BCUT2D eigenvalue weighted by Gasteiger charge is -2.17. The summed E-state index contributed by atoms with van der Waals surface area (Å²) in [7, 11) is 0. The van der Waals surface area contributed by atoms with Crippen molar-refractivity contribution in [2.24, 2.45) is 0 Å². The van der Waals surface area contributed by atoms with E-state index < -0.39 is 11.0 Å². The number of nitrogens with one attached hydrogen (secondary N) is 1. The Kier molecular flexibility index (Phi) is 5.89. The molecule has 0 aliphatic carbocycles. The fourth-order valence-corrected chi connectivity index (χ4v) is 2.22. The zero-order chi connectivity index (χ0) is 17.5. The second-order valence-corrected chi connectivity index (χ2v) is 5.57. The van der Waals surface area contributed by atoms with Crippen molar-refractivity contribution in [3.05, 3.63) is 70.3 Å². The number of nitro benzene ring substituents is 1. The summed E-state index contributed by atoms with van der Waals surface area (Å²) in [6.45, 7) is 4.13. The maximum absolute atomic E-state index is 12.1. The van der Waals surface area contributed by atoms with E-state index in [9.17, 15) is 14.9 Å². The molecule has 1 amide bonds. The highest BCUT2D eigenvalue weighted by Gasteiger charge is 2.17. The number of hydrogen-bond acceptors (Lipinski definition) is 4. The fraction of sp³-hybridized carbons (Fsp3) is 0.278. The Balaban J connectivity index is 1.88. The molecule has 0 unspecified atom stereocenters. The van der Waals surface area contributed by atoms with Gasteiger partial charge in [-0.3, -0.25) is 14.9 Å². The molecule has 2 aromatic carbocycles.